The second kappa shape index (κ2) is 7.62. The van der Waals surface area contributed by atoms with Crippen LogP contribution in [0.3, 0.4) is 0 Å². The van der Waals surface area contributed by atoms with Crippen molar-refractivity contribution in [3.05, 3.63) is 57.1 Å². The molecule has 2 aromatic carbocycles. The molecule has 4 bridgehead atoms. The van der Waals surface area contributed by atoms with Crippen molar-refractivity contribution < 1.29 is 4.74 Å². The van der Waals surface area contributed by atoms with Crippen LogP contribution < -0.4 is 15.9 Å². The van der Waals surface area contributed by atoms with Gasteiger partial charge in [0.2, 0.25) is 0 Å². The van der Waals surface area contributed by atoms with Crippen molar-refractivity contribution in [2.45, 2.75) is 6.54 Å². The van der Waals surface area contributed by atoms with Crippen molar-refractivity contribution in [3.63, 3.8) is 0 Å². The summed E-state index contributed by atoms with van der Waals surface area (Å²) in [6, 6.07) is 11.0. The Balaban J connectivity index is 0.00000205. The van der Waals surface area contributed by atoms with Crippen molar-refractivity contribution in [1.29, 1.82) is 0 Å². The van der Waals surface area contributed by atoms with Crippen molar-refractivity contribution in [3.8, 4) is 17.0 Å². The van der Waals surface area contributed by atoms with Gasteiger partial charge in [-0.1, -0.05) is 29.7 Å². The number of para-hydroxylation sites is 1. The maximum absolute atomic E-state index is 12.8. The van der Waals surface area contributed by atoms with E-state index < -0.39 is 0 Å². The van der Waals surface area contributed by atoms with Gasteiger partial charge in [-0.3, -0.25) is 13.5 Å². The molecule has 5 rings (SSSR count). The largest absolute Gasteiger partial charge is 0.490 e. The van der Waals surface area contributed by atoms with Crippen LogP contribution in [0.4, 0.5) is 0 Å². The molecule has 3 heterocycles. The predicted octanol–water partition coefficient (Wildman–Crippen LogP) is 2.71. The van der Waals surface area contributed by atoms with Gasteiger partial charge in [0.05, 0.1) is 15.6 Å². The summed E-state index contributed by atoms with van der Waals surface area (Å²) in [4.78, 5) is 35.3. The van der Waals surface area contributed by atoms with Gasteiger partial charge in [0.25, 0.3) is 11.1 Å². The molecule has 1 aliphatic heterocycles. The number of aromatic amines is 1. The first kappa shape index (κ1) is 19.6. The third kappa shape index (κ3) is 3.33. The number of likely N-dealkylation sites (N-methyl/N-ethyl adjacent to an activating group) is 1. The fraction of sp³-hybridized carbons (Fsp3) is 0.250. The van der Waals surface area contributed by atoms with Gasteiger partial charge in [-0.2, -0.15) is 0 Å². The minimum Gasteiger partial charge on any atom is -0.490 e. The number of benzene rings is 2. The van der Waals surface area contributed by atoms with E-state index in [1.54, 1.807) is 16.1 Å². The summed E-state index contributed by atoms with van der Waals surface area (Å²) in [7, 11) is 2.01. The number of nitrogens with zero attached hydrogens (tertiary/aromatic N) is 3. The lowest BCUT2D eigenvalue weighted by Gasteiger charge is -2.17. The lowest BCUT2D eigenvalue weighted by molar-refractivity contribution is 0.235. The van der Waals surface area contributed by atoms with E-state index in [1.165, 1.54) is 11.5 Å². The summed E-state index contributed by atoms with van der Waals surface area (Å²) >= 11 is 1.39. The van der Waals surface area contributed by atoms with Gasteiger partial charge in [0.15, 0.2) is 0 Å². The van der Waals surface area contributed by atoms with Gasteiger partial charge in [-0.25, -0.2) is 4.98 Å². The Morgan fingerprint density at radius 3 is 2.79 bits per heavy atom. The van der Waals surface area contributed by atoms with Crippen molar-refractivity contribution in [1.82, 2.24) is 18.8 Å². The van der Waals surface area contributed by atoms with Gasteiger partial charge in [-0.05, 0) is 25.2 Å². The molecule has 0 spiro atoms. The molecule has 4 aromatic rings. The highest BCUT2D eigenvalue weighted by Gasteiger charge is 2.18. The van der Waals surface area contributed by atoms with E-state index in [9.17, 15) is 9.59 Å². The SMILES string of the molecule is CN1CCOc2cccc3[nH]c(=O)c(nc23)-c2cccc3c(=O)n(sc23)CC1.Cl. The van der Waals surface area contributed by atoms with Gasteiger partial charge in [0.1, 0.15) is 23.6 Å². The van der Waals surface area contributed by atoms with E-state index in [0.29, 0.717) is 46.6 Å². The van der Waals surface area contributed by atoms with Crippen LogP contribution in [0.15, 0.2) is 46.0 Å². The number of fused-ring (bicyclic) bond motifs is 3. The Labute approximate surface area is 176 Å². The summed E-state index contributed by atoms with van der Waals surface area (Å²) in [5.41, 5.74) is 1.90. The van der Waals surface area contributed by atoms with Gasteiger partial charge < -0.3 is 14.6 Å². The van der Waals surface area contributed by atoms with E-state index >= 15 is 0 Å². The lowest BCUT2D eigenvalue weighted by Crippen LogP contribution is -2.29. The first-order valence-electron chi connectivity index (χ1n) is 9.09. The number of H-pyrrole nitrogens is 1. The van der Waals surface area contributed by atoms with Crippen LogP contribution in [0.2, 0.25) is 0 Å². The van der Waals surface area contributed by atoms with Crippen molar-refractivity contribution in [2.24, 2.45) is 0 Å². The number of nitrogens with one attached hydrogen (secondary N) is 1. The molecule has 0 saturated carbocycles. The van der Waals surface area contributed by atoms with E-state index in [2.05, 4.69) is 14.9 Å². The molecule has 7 nitrogen and oxygen atoms in total. The minimum absolute atomic E-state index is 0. The van der Waals surface area contributed by atoms with E-state index in [0.717, 1.165) is 17.8 Å². The molecule has 29 heavy (non-hydrogen) atoms. The van der Waals surface area contributed by atoms with Crippen molar-refractivity contribution in [2.75, 3.05) is 26.7 Å². The fourth-order valence-electron chi connectivity index (χ4n) is 3.49. The molecule has 1 aliphatic rings. The van der Waals surface area contributed by atoms with Crippen LogP contribution in [0, 0.1) is 0 Å². The smallest absolute Gasteiger partial charge is 0.275 e. The molecule has 0 aliphatic carbocycles. The highest BCUT2D eigenvalue weighted by atomic mass is 35.5. The van der Waals surface area contributed by atoms with E-state index in [1.807, 2.05) is 31.3 Å². The normalized spacial score (nSPS) is 14.7. The average molecular weight is 431 g/mol. The topological polar surface area (TPSA) is 80.2 Å². The molecule has 0 fully saturated rings. The van der Waals surface area contributed by atoms with Crippen LogP contribution in [0.25, 0.3) is 32.4 Å². The first-order chi connectivity index (χ1) is 13.6. The van der Waals surface area contributed by atoms with Crippen molar-refractivity contribution >= 4 is 45.1 Å². The maximum Gasteiger partial charge on any atom is 0.275 e. The van der Waals surface area contributed by atoms with E-state index in [-0.39, 0.29) is 23.5 Å². The van der Waals surface area contributed by atoms with Crippen LogP contribution in [0.1, 0.15) is 0 Å². The lowest BCUT2D eigenvalue weighted by atomic mass is 10.1. The highest BCUT2D eigenvalue weighted by Crippen LogP contribution is 2.30. The summed E-state index contributed by atoms with van der Waals surface area (Å²) in [5, 5.41) is 0.617. The Hall–Kier alpha value is -2.68. The predicted molar refractivity (Wildman–Crippen MR) is 118 cm³/mol. The molecule has 1 N–H and O–H groups in total. The zero-order valence-electron chi connectivity index (χ0n) is 15.7. The number of aromatic nitrogens is 3. The number of halogens is 1. The Bertz CT molecular complexity index is 1330. The first-order valence-corrected chi connectivity index (χ1v) is 9.87. The van der Waals surface area contributed by atoms with Gasteiger partial charge in [-0.15, -0.1) is 12.4 Å². The molecule has 0 amide bonds. The van der Waals surface area contributed by atoms with Crippen LogP contribution in [-0.2, 0) is 6.54 Å². The Kier molecular flexibility index (Phi) is 5.16. The molecular formula is C20H19ClN4O3S. The standard InChI is InChI=1S/C20H18N4O3S.ClH/c1-23-8-9-24-20(26)13-5-2-4-12(18(13)28-24)16-19(25)21-14-6-3-7-15(17(14)22-16)27-11-10-23;/h2-7H,8-11H2,1H3,(H,21,25);1H. The summed E-state index contributed by atoms with van der Waals surface area (Å²) in [6.07, 6.45) is 0. The summed E-state index contributed by atoms with van der Waals surface area (Å²) < 4.78 is 8.49. The molecule has 9 heteroatoms. The number of hydrogen-bond donors (Lipinski definition) is 1. The molecule has 0 unspecified atom stereocenters. The third-order valence-electron chi connectivity index (χ3n) is 5.03. The quantitative estimate of drug-likeness (QED) is 0.464. The number of ether oxygens (including phenoxy) is 1. The van der Waals surface area contributed by atoms with Gasteiger partial charge >= 0.3 is 0 Å². The number of hydrogen-bond acceptors (Lipinski definition) is 6. The highest BCUT2D eigenvalue weighted by molar-refractivity contribution is 7.14. The van der Waals surface area contributed by atoms with Crippen LogP contribution in [0.5, 0.6) is 5.75 Å². The average Bonchev–Trinajstić information content (AvgIpc) is 3.01. The molecule has 150 valence electrons. The molecular weight excluding hydrogens is 412 g/mol. The second-order valence-electron chi connectivity index (χ2n) is 6.90. The molecule has 0 atom stereocenters. The Morgan fingerprint density at radius 2 is 1.93 bits per heavy atom. The van der Waals surface area contributed by atoms with Crippen LogP contribution in [-0.4, -0.2) is 45.6 Å². The Morgan fingerprint density at radius 1 is 1.10 bits per heavy atom. The third-order valence-corrected chi connectivity index (χ3v) is 6.22. The summed E-state index contributed by atoms with van der Waals surface area (Å²) in [5.74, 6) is 0.637. The number of rotatable bonds is 0. The fourth-order valence-corrected chi connectivity index (χ4v) is 4.58. The molecule has 0 saturated heterocycles. The zero-order chi connectivity index (χ0) is 19.3. The zero-order valence-corrected chi connectivity index (χ0v) is 17.3. The van der Waals surface area contributed by atoms with E-state index in [4.69, 9.17) is 4.74 Å². The molecule has 2 aromatic heterocycles. The minimum atomic E-state index is -0.281. The van der Waals surface area contributed by atoms with Crippen LogP contribution >= 0.6 is 23.9 Å². The summed E-state index contributed by atoms with van der Waals surface area (Å²) in [6.45, 7) is 2.54. The molecule has 0 radical (unpaired) electrons. The van der Waals surface area contributed by atoms with Gasteiger partial charge in [0, 0.05) is 25.2 Å². The monoisotopic (exact) mass is 430 g/mol. The second-order valence-corrected chi connectivity index (χ2v) is 7.93. The maximum atomic E-state index is 12.8.